The van der Waals surface area contributed by atoms with Gasteiger partial charge in [0.15, 0.2) is 0 Å². The van der Waals surface area contributed by atoms with Gasteiger partial charge < -0.3 is 15.0 Å². The number of primary amides is 1. The molecule has 0 aliphatic carbocycles. The van der Waals surface area contributed by atoms with E-state index in [-0.39, 0.29) is 6.04 Å². The van der Waals surface area contributed by atoms with Gasteiger partial charge in [0, 0.05) is 46.2 Å². The lowest BCUT2D eigenvalue weighted by atomic mass is 9.98. The van der Waals surface area contributed by atoms with E-state index in [1.807, 2.05) is 43.6 Å². The fourth-order valence-electron chi connectivity index (χ4n) is 3.59. The Bertz CT molecular complexity index is 1070. The summed E-state index contributed by atoms with van der Waals surface area (Å²) in [6.07, 6.45) is 2.63. The SMILES string of the molecule is COc1cccc(C2=NN(C(N)=O)C(c3cn(C)c4ccc(Br)cc34)C2)c1. The molecule has 2 amide bonds. The Hall–Kier alpha value is -2.80. The van der Waals surface area contributed by atoms with Gasteiger partial charge in [-0.2, -0.15) is 5.10 Å². The lowest BCUT2D eigenvalue weighted by molar-refractivity contribution is 0.196. The average Bonchev–Trinajstić information content (AvgIpc) is 3.23. The molecule has 2 N–H and O–H groups in total. The summed E-state index contributed by atoms with van der Waals surface area (Å²) in [5.74, 6) is 0.748. The molecular formula is C20H19BrN4O2. The number of urea groups is 1. The Morgan fingerprint density at radius 2 is 2.11 bits per heavy atom. The number of nitrogens with two attached hydrogens (primary N) is 1. The van der Waals surface area contributed by atoms with Crippen molar-refractivity contribution in [2.45, 2.75) is 12.5 Å². The summed E-state index contributed by atoms with van der Waals surface area (Å²) in [6.45, 7) is 0. The van der Waals surface area contributed by atoms with Crippen molar-refractivity contribution >= 4 is 38.6 Å². The second kappa shape index (κ2) is 6.74. The third-order valence-electron chi connectivity index (χ3n) is 4.88. The topological polar surface area (TPSA) is 72.8 Å². The zero-order valence-corrected chi connectivity index (χ0v) is 16.6. The molecule has 1 aliphatic heterocycles. The summed E-state index contributed by atoms with van der Waals surface area (Å²) in [4.78, 5) is 12.1. The van der Waals surface area contributed by atoms with Gasteiger partial charge in [-0.25, -0.2) is 9.80 Å². The van der Waals surface area contributed by atoms with Crippen LogP contribution >= 0.6 is 15.9 Å². The lowest BCUT2D eigenvalue weighted by Gasteiger charge is -2.19. The molecule has 0 fully saturated rings. The molecule has 1 aliphatic rings. The van der Waals surface area contributed by atoms with Gasteiger partial charge in [-0.05, 0) is 30.3 Å². The first kappa shape index (κ1) is 17.6. The minimum absolute atomic E-state index is 0.248. The third-order valence-corrected chi connectivity index (χ3v) is 5.37. The van der Waals surface area contributed by atoms with Crippen molar-refractivity contribution in [1.82, 2.24) is 9.58 Å². The lowest BCUT2D eigenvalue weighted by Crippen LogP contribution is -2.31. The van der Waals surface area contributed by atoms with E-state index in [0.717, 1.165) is 38.0 Å². The van der Waals surface area contributed by atoms with E-state index < -0.39 is 6.03 Å². The first-order chi connectivity index (χ1) is 13.0. The molecule has 3 aromatic rings. The van der Waals surface area contributed by atoms with Gasteiger partial charge in [0.25, 0.3) is 0 Å². The summed E-state index contributed by atoms with van der Waals surface area (Å²) >= 11 is 3.54. The summed E-state index contributed by atoms with van der Waals surface area (Å²) in [6, 6.07) is 13.0. The van der Waals surface area contributed by atoms with Crippen LogP contribution in [0.15, 0.2) is 58.2 Å². The number of carbonyl (C=O) groups is 1. The van der Waals surface area contributed by atoms with Gasteiger partial charge in [-0.1, -0.05) is 28.1 Å². The molecule has 0 saturated carbocycles. The zero-order valence-electron chi connectivity index (χ0n) is 15.0. The van der Waals surface area contributed by atoms with Gasteiger partial charge in [0.1, 0.15) is 5.75 Å². The first-order valence-electron chi connectivity index (χ1n) is 8.53. The number of ether oxygens (including phenoxy) is 1. The Labute approximate surface area is 165 Å². The van der Waals surface area contributed by atoms with Crippen LogP contribution in [-0.4, -0.2) is 28.4 Å². The maximum Gasteiger partial charge on any atom is 0.335 e. The van der Waals surface area contributed by atoms with Crippen LogP contribution in [0.1, 0.15) is 23.6 Å². The molecule has 4 rings (SSSR count). The fourth-order valence-corrected chi connectivity index (χ4v) is 3.95. The average molecular weight is 427 g/mol. The minimum atomic E-state index is -0.565. The normalized spacial score (nSPS) is 16.6. The van der Waals surface area contributed by atoms with Crippen molar-refractivity contribution in [2.75, 3.05) is 7.11 Å². The number of aryl methyl sites for hydroxylation is 1. The number of fused-ring (bicyclic) bond motifs is 1. The number of benzene rings is 2. The Balaban J connectivity index is 1.78. The quantitative estimate of drug-likeness (QED) is 0.681. The third kappa shape index (κ3) is 3.08. The van der Waals surface area contributed by atoms with Crippen LogP contribution in [0.3, 0.4) is 0 Å². The molecule has 138 valence electrons. The first-order valence-corrected chi connectivity index (χ1v) is 9.32. The second-order valence-corrected chi connectivity index (χ2v) is 7.45. The molecule has 27 heavy (non-hydrogen) atoms. The van der Waals surface area contributed by atoms with Crippen LogP contribution in [-0.2, 0) is 7.05 Å². The zero-order chi connectivity index (χ0) is 19.1. The predicted molar refractivity (Wildman–Crippen MR) is 109 cm³/mol. The monoisotopic (exact) mass is 426 g/mol. The number of hydrogen-bond acceptors (Lipinski definition) is 3. The van der Waals surface area contributed by atoms with E-state index in [4.69, 9.17) is 10.5 Å². The molecule has 1 atom stereocenters. The number of hydrazone groups is 1. The summed E-state index contributed by atoms with van der Waals surface area (Å²) < 4.78 is 8.35. The molecule has 6 nitrogen and oxygen atoms in total. The number of halogens is 1. The van der Waals surface area contributed by atoms with Crippen molar-refractivity contribution in [3.63, 3.8) is 0 Å². The molecule has 0 bridgehead atoms. The van der Waals surface area contributed by atoms with Gasteiger partial charge >= 0.3 is 6.03 Å². The van der Waals surface area contributed by atoms with Crippen LogP contribution in [0.25, 0.3) is 10.9 Å². The highest BCUT2D eigenvalue weighted by Gasteiger charge is 2.34. The van der Waals surface area contributed by atoms with Crippen LogP contribution in [0, 0.1) is 0 Å². The molecule has 2 heterocycles. The van der Waals surface area contributed by atoms with Crippen molar-refractivity contribution in [1.29, 1.82) is 0 Å². The Kier molecular flexibility index (Phi) is 4.39. The van der Waals surface area contributed by atoms with Gasteiger partial charge in [-0.3, -0.25) is 0 Å². The van der Waals surface area contributed by atoms with Crippen molar-refractivity contribution < 1.29 is 9.53 Å². The van der Waals surface area contributed by atoms with Gasteiger partial charge in [-0.15, -0.1) is 0 Å². The molecule has 0 spiro atoms. The number of nitrogens with zero attached hydrogens (tertiary/aromatic N) is 3. The fraction of sp³-hybridized carbons (Fsp3) is 0.200. The second-order valence-electron chi connectivity index (χ2n) is 6.54. The number of aromatic nitrogens is 1. The smallest absolute Gasteiger partial charge is 0.335 e. The van der Waals surface area contributed by atoms with E-state index in [9.17, 15) is 4.79 Å². The van der Waals surface area contributed by atoms with E-state index >= 15 is 0 Å². The maximum absolute atomic E-state index is 12.1. The highest BCUT2D eigenvalue weighted by Crippen LogP contribution is 2.38. The predicted octanol–water partition coefficient (Wildman–Crippen LogP) is 4.18. The molecule has 7 heteroatoms. The highest BCUT2D eigenvalue weighted by atomic mass is 79.9. The Morgan fingerprint density at radius 1 is 1.30 bits per heavy atom. The molecular weight excluding hydrogens is 408 g/mol. The summed E-state index contributed by atoms with van der Waals surface area (Å²) in [5.41, 5.74) is 9.49. The minimum Gasteiger partial charge on any atom is -0.497 e. The van der Waals surface area contributed by atoms with E-state index in [0.29, 0.717) is 6.42 Å². The molecule has 1 aromatic heterocycles. The summed E-state index contributed by atoms with van der Waals surface area (Å²) in [5, 5.41) is 6.98. The van der Waals surface area contributed by atoms with Crippen molar-refractivity contribution in [2.24, 2.45) is 17.9 Å². The number of hydrogen-bond donors (Lipinski definition) is 1. The maximum atomic E-state index is 12.1. The molecule has 0 saturated heterocycles. The van der Waals surface area contributed by atoms with E-state index in [1.54, 1.807) is 7.11 Å². The number of carbonyl (C=O) groups excluding carboxylic acids is 1. The number of amides is 2. The van der Waals surface area contributed by atoms with Crippen LogP contribution < -0.4 is 10.5 Å². The number of methoxy groups -OCH3 is 1. The van der Waals surface area contributed by atoms with E-state index in [1.165, 1.54) is 5.01 Å². The molecule has 2 aromatic carbocycles. The largest absolute Gasteiger partial charge is 0.497 e. The standard InChI is InChI=1S/C20H19BrN4O2/c1-24-11-16(15-9-13(21)6-7-18(15)24)19-10-17(23-25(19)20(22)26)12-4-3-5-14(8-12)27-2/h3-9,11,19H,10H2,1-2H3,(H2,22,26). The van der Waals surface area contributed by atoms with Gasteiger partial charge in [0.2, 0.25) is 0 Å². The van der Waals surface area contributed by atoms with E-state index in [2.05, 4.69) is 37.7 Å². The Morgan fingerprint density at radius 3 is 2.85 bits per heavy atom. The van der Waals surface area contributed by atoms with Crippen molar-refractivity contribution in [3.8, 4) is 5.75 Å². The molecule has 0 radical (unpaired) electrons. The van der Waals surface area contributed by atoms with Crippen LogP contribution in [0.4, 0.5) is 4.79 Å². The van der Waals surface area contributed by atoms with Crippen molar-refractivity contribution in [3.05, 3.63) is 64.3 Å². The number of rotatable bonds is 3. The van der Waals surface area contributed by atoms with Gasteiger partial charge in [0.05, 0.1) is 18.9 Å². The highest BCUT2D eigenvalue weighted by molar-refractivity contribution is 9.10. The summed E-state index contributed by atoms with van der Waals surface area (Å²) in [7, 11) is 3.62. The molecule has 1 unspecified atom stereocenters. The van der Waals surface area contributed by atoms with Crippen LogP contribution in [0.5, 0.6) is 5.75 Å². The van der Waals surface area contributed by atoms with Crippen LogP contribution in [0.2, 0.25) is 0 Å².